The molecule has 5 fully saturated rings. The molecule has 1 N–H and O–H groups in total. The van der Waals surface area contributed by atoms with Gasteiger partial charge in [0, 0.05) is 19.8 Å². The molecule has 0 unspecified atom stereocenters. The maximum Gasteiger partial charge on any atom is 0.338 e. The van der Waals surface area contributed by atoms with Crippen molar-refractivity contribution < 1.29 is 43.2 Å². The standard InChI is InChI=1S/C31H38O9/c1-15-13-31(36)22(23(15)39-17(3)33)25(40-26(34)18-10-8-7-9-11-18)30-14-37-29(6,27(31)35)24(30)21-19(28(21,4)5)12-20(30)38-16(2)32/h7-11,15,19-25,36H,12-14H2,1-6H3/t15-,19-,20+,21-,22+,23-,24-,25+,29+,30+,31+/m0/s1. The van der Waals surface area contributed by atoms with E-state index in [1.54, 1.807) is 37.3 Å². The van der Waals surface area contributed by atoms with Crippen LogP contribution in [-0.4, -0.2) is 64.9 Å². The fourth-order valence-electron chi connectivity index (χ4n) is 9.41. The number of carbonyl (C=O) groups excluding carboxylic acids is 4. The molecule has 216 valence electrons. The molecule has 0 radical (unpaired) electrons. The van der Waals surface area contributed by atoms with Crippen LogP contribution >= 0.6 is 0 Å². The van der Waals surface area contributed by atoms with Gasteiger partial charge in [-0.15, -0.1) is 0 Å². The maximum atomic E-state index is 14.6. The first kappa shape index (κ1) is 27.4. The summed E-state index contributed by atoms with van der Waals surface area (Å²) in [5.41, 5.74) is -4.43. The van der Waals surface area contributed by atoms with Gasteiger partial charge in [0.25, 0.3) is 0 Å². The minimum Gasteiger partial charge on any atom is -0.462 e. The molecular weight excluding hydrogens is 516 g/mol. The van der Waals surface area contributed by atoms with Crippen LogP contribution in [0.4, 0.5) is 0 Å². The highest BCUT2D eigenvalue weighted by atomic mass is 16.6. The van der Waals surface area contributed by atoms with Crippen LogP contribution in [0.2, 0.25) is 0 Å². The SMILES string of the molecule is CC(=O)O[C@@H]1[C@@H]2[C@@H](OC(=O)c3ccccc3)[C@@]34CO[C@@](C)(C(=O)[C@@]2(O)C[C@@H]1C)[C@@H]3[C@@H]1[C@H](C[C@H]4OC(C)=O)C1(C)C. The van der Waals surface area contributed by atoms with Crippen molar-refractivity contribution in [2.75, 3.05) is 6.61 Å². The number of Topliss-reactive ketones (excluding diaryl/α,β-unsaturated/α-hetero) is 1. The zero-order chi connectivity index (χ0) is 29.0. The van der Waals surface area contributed by atoms with E-state index in [0.717, 1.165) is 0 Å². The summed E-state index contributed by atoms with van der Waals surface area (Å²) in [6.45, 7) is 10.4. The molecule has 4 aliphatic carbocycles. The number of rotatable bonds is 4. The fourth-order valence-corrected chi connectivity index (χ4v) is 9.41. The van der Waals surface area contributed by atoms with Gasteiger partial charge in [-0.2, -0.15) is 0 Å². The largest absolute Gasteiger partial charge is 0.462 e. The fraction of sp³-hybridized carbons (Fsp3) is 0.677. The Hall–Kier alpha value is -2.78. The number of esters is 3. The van der Waals surface area contributed by atoms with Crippen LogP contribution in [0.25, 0.3) is 0 Å². The van der Waals surface area contributed by atoms with E-state index in [0.29, 0.717) is 12.0 Å². The first-order chi connectivity index (χ1) is 18.7. The average molecular weight is 555 g/mol. The number of ether oxygens (including phenoxy) is 4. The van der Waals surface area contributed by atoms with E-state index in [1.807, 2.05) is 6.92 Å². The molecule has 6 rings (SSSR count). The number of carbonyl (C=O) groups is 4. The maximum absolute atomic E-state index is 14.6. The predicted molar refractivity (Wildman–Crippen MR) is 140 cm³/mol. The Bertz CT molecular complexity index is 1270. The lowest BCUT2D eigenvalue weighted by Gasteiger charge is -2.50. The number of hydrogen-bond acceptors (Lipinski definition) is 9. The van der Waals surface area contributed by atoms with Gasteiger partial charge in [0.15, 0.2) is 5.78 Å². The second kappa shape index (κ2) is 8.61. The third kappa shape index (κ3) is 3.46. The Kier molecular flexibility index (Phi) is 5.90. The van der Waals surface area contributed by atoms with Crippen LogP contribution < -0.4 is 0 Å². The summed E-state index contributed by atoms with van der Waals surface area (Å²) in [5.74, 6) is -3.97. The molecule has 11 atom stereocenters. The smallest absolute Gasteiger partial charge is 0.338 e. The minimum absolute atomic E-state index is 0.00234. The molecule has 40 heavy (non-hydrogen) atoms. The summed E-state index contributed by atoms with van der Waals surface area (Å²) in [6.07, 6.45) is -2.25. The summed E-state index contributed by atoms with van der Waals surface area (Å²) in [5, 5.41) is 12.4. The van der Waals surface area contributed by atoms with E-state index in [1.165, 1.54) is 13.8 Å². The number of aliphatic hydroxyl groups is 1. The highest BCUT2D eigenvalue weighted by Gasteiger charge is 2.85. The molecule has 9 nitrogen and oxygen atoms in total. The van der Waals surface area contributed by atoms with Crippen molar-refractivity contribution in [1.29, 1.82) is 0 Å². The van der Waals surface area contributed by atoms with Crippen LogP contribution in [0.1, 0.15) is 64.7 Å². The van der Waals surface area contributed by atoms with Gasteiger partial charge >= 0.3 is 17.9 Å². The second-order valence-electron chi connectivity index (χ2n) is 13.5. The lowest BCUT2D eigenvalue weighted by molar-refractivity contribution is -0.200. The molecule has 1 aliphatic heterocycles. The number of benzene rings is 1. The predicted octanol–water partition coefficient (Wildman–Crippen LogP) is 3.11. The van der Waals surface area contributed by atoms with Gasteiger partial charge in [-0.1, -0.05) is 39.0 Å². The van der Waals surface area contributed by atoms with Crippen molar-refractivity contribution in [2.45, 2.75) is 83.9 Å². The molecule has 1 aromatic rings. The van der Waals surface area contributed by atoms with Crippen molar-refractivity contribution in [3.05, 3.63) is 35.9 Å². The molecule has 1 aromatic carbocycles. The monoisotopic (exact) mass is 554 g/mol. The molecule has 1 heterocycles. The van der Waals surface area contributed by atoms with Crippen molar-refractivity contribution in [1.82, 2.24) is 0 Å². The van der Waals surface area contributed by atoms with Crippen LogP contribution in [0.5, 0.6) is 0 Å². The van der Waals surface area contributed by atoms with Crippen molar-refractivity contribution >= 4 is 23.7 Å². The summed E-state index contributed by atoms with van der Waals surface area (Å²) in [4.78, 5) is 53.2. The molecule has 1 saturated heterocycles. The van der Waals surface area contributed by atoms with E-state index in [2.05, 4.69) is 13.8 Å². The van der Waals surface area contributed by atoms with Gasteiger partial charge in [0.1, 0.15) is 29.5 Å². The van der Waals surface area contributed by atoms with Crippen LogP contribution in [0, 0.1) is 40.4 Å². The normalized spacial score (nSPS) is 45.8. The van der Waals surface area contributed by atoms with E-state index in [-0.39, 0.29) is 30.3 Å². The van der Waals surface area contributed by atoms with Gasteiger partial charge in [-0.3, -0.25) is 14.4 Å². The van der Waals surface area contributed by atoms with Crippen molar-refractivity contribution in [2.24, 2.45) is 40.4 Å². The van der Waals surface area contributed by atoms with E-state index in [4.69, 9.17) is 18.9 Å². The number of hydrogen-bond donors (Lipinski definition) is 1. The first-order valence-electron chi connectivity index (χ1n) is 14.2. The molecule has 5 aliphatic rings. The van der Waals surface area contributed by atoms with Gasteiger partial charge in [-0.25, -0.2) is 4.79 Å². The lowest BCUT2D eigenvalue weighted by atomic mass is 9.57. The molecule has 0 amide bonds. The van der Waals surface area contributed by atoms with E-state index in [9.17, 15) is 24.3 Å². The van der Waals surface area contributed by atoms with Crippen LogP contribution in [-0.2, 0) is 33.3 Å². The highest BCUT2D eigenvalue weighted by molar-refractivity contribution is 5.97. The minimum atomic E-state index is -1.99. The second-order valence-corrected chi connectivity index (χ2v) is 13.5. The number of fused-ring (bicyclic) bond motifs is 2. The third-order valence-electron chi connectivity index (χ3n) is 11.0. The average Bonchev–Trinajstić information content (AvgIpc) is 3.14. The molecule has 2 bridgehead atoms. The summed E-state index contributed by atoms with van der Waals surface area (Å²) in [7, 11) is 0. The molecule has 0 spiro atoms. The first-order valence-corrected chi connectivity index (χ1v) is 14.2. The Labute approximate surface area is 233 Å². The highest BCUT2D eigenvalue weighted by Crippen LogP contribution is 2.78. The van der Waals surface area contributed by atoms with E-state index >= 15 is 0 Å². The van der Waals surface area contributed by atoms with Crippen LogP contribution in [0.3, 0.4) is 0 Å². The summed E-state index contributed by atoms with van der Waals surface area (Å²) < 4.78 is 24.7. The Morgan fingerprint density at radius 1 is 0.975 bits per heavy atom. The van der Waals surface area contributed by atoms with Gasteiger partial charge < -0.3 is 24.1 Å². The third-order valence-corrected chi connectivity index (χ3v) is 11.0. The zero-order valence-electron chi connectivity index (χ0n) is 23.8. The molecular formula is C31H38O9. The Balaban J connectivity index is 1.60. The molecule has 4 saturated carbocycles. The quantitative estimate of drug-likeness (QED) is 0.441. The number of ketones is 1. The molecule has 9 heteroatoms. The summed E-state index contributed by atoms with van der Waals surface area (Å²) >= 11 is 0. The zero-order valence-corrected chi connectivity index (χ0v) is 23.8. The van der Waals surface area contributed by atoms with Crippen molar-refractivity contribution in [3.63, 3.8) is 0 Å². The topological polar surface area (TPSA) is 125 Å². The Morgan fingerprint density at radius 3 is 2.25 bits per heavy atom. The summed E-state index contributed by atoms with van der Waals surface area (Å²) in [6, 6.07) is 8.49. The van der Waals surface area contributed by atoms with Gasteiger partial charge in [0.2, 0.25) is 0 Å². The van der Waals surface area contributed by atoms with Gasteiger partial charge in [-0.05, 0) is 55.1 Å². The van der Waals surface area contributed by atoms with Gasteiger partial charge in [0.05, 0.1) is 23.5 Å². The lowest BCUT2D eigenvalue weighted by Crippen LogP contribution is -2.62. The molecule has 0 aromatic heterocycles. The Morgan fingerprint density at radius 2 is 1.62 bits per heavy atom. The van der Waals surface area contributed by atoms with Crippen molar-refractivity contribution in [3.8, 4) is 0 Å². The van der Waals surface area contributed by atoms with Crippen LogP contribution in [0.15, 0.2) is 30.3 Å². The van der Waals surface area contributed by atoms with E-state index < -0.39 is 76.4 Å².